The largest absolute Gasteiger partial charge is 0.337 e. The second kappa shape index (κ2) is 12.6. The lowest BCUT2D eigenvalue weighted by atomic mass is 10.0. The van der Waals surface area contributed by atoms with Crippen molar-refractivity contribution in [3.05, 3.63) is 71.5 Å². The molecule has 2 aliphatic rings. The van der Waals surface area contributed by atoms with Gasteiger partial charge < -0.3 is 15.1 Å². The zero-order valence-electron chi connectivity index (χ0n) is 21.7. The molecular weight excluding hydrogens is 485 g/mol. The monoisotopic (exact) mass is 519 g/mol. The summed E-state index contributed by atoms with van der Waals surface area (Å²) in [5, 5.41) is 6.04. The van der Waals surface area contributed by atoms with Gasteiger partial charge in [-0.1, -0.05) is 68.2 Å². The normalized spacial score (nSPS) is 19.8. The summed E-state index contributed by atoms with van der Waals surface area (Å²) >= 11 is 0. The fourth-order valence-corrected chi connectivity index (χ4v) is 5.08. The number of halogens is 1. The van der Waals surface area contributed by atoms with Crippen molar-refractivity contribution < 1.29 is 18.8 Å². The van der Waals surface area contributed by atoms with Crippen LogP contribution in [0.5, 0.6) is 0 Å². The molecule has 2 unspecified atom stereocenters. The van der Waals surface area contributed by atoms with Crippen LogP contribution in [0, 0.1) is 18.2 Å². The lowest BCUT2D eigenvalue weighted by Crippen LogP contribution is -2.76. The Morgan fingerprint density at radius 3 is 2.53 bits per heavy atom. The molecule has 4 amide bonds. The van der Waals surface area contributed by atoms with Gasteiger partial charge in [0.1, 0.15) is 18.0 Å². The molecule has 0 aromatic heterocycles. The van der Waals surface area contributed by atoms with Crippen molar-refractivity contribution in [2.24, 2.45) is 0 Å². The van der Waals surface area contributed by atoms with Crippen molar-refractivity contribution in [3.63, 3.8) is 0 Å². The van der Waals surface area contributed by atoms with Crippen LogP contribution < -0.4 is 5.32 Å². The average molecular weight is 520 g/mol. The van der Waals surface area contributed by atoms with Gasteiger partial charge in [0.2, 0.25) is 11.8 Å². The van der Waals surface area contributed by atoms with Crippen LogP contribution in [0.15, 0.2) is 54.6 Å². The van der Waals surface area contributed by atoms with Crippen LogP contribution in [0.3, 0.4) is 0 Å². The highest BCUT2D eigenvalue weighted by Gasteiger charge is 2.50. The van der Waals surface area contributed by atoms with Crippen LogP contribution in [0.4, 0.5) is 9.18 Å². The molecule has 38 heavy (non-hydrogen) atoms. The highest BCUT2D eigenvalue weighted by Crippen LogP contribution is 2.29. The van der Waals surface area contributed by atoms with Gasteiger partial charge >= 0.3 is 6.03 Å². The minimum absolute atomic E-state index is 0.0784. The Balaban J connectivity index is 1.60. The van der Waals surface area contributed by atoms with Crippen LogP contribution in [0.2, 0.25) is 0 Å². The Kier molecular flexibility index (Phi) is 8.98. The predicted molar refractivity (Wildman–Crippen MR) is 142 cm³/mol. The smallest absolute Gasteiger partial charge is 0.334 e. The number of benzene rings is 2. The molecule has 2 aromatic carbocycles. The lowest BCUT2D eigenvalue weighted by molar-refractivity contribution is -0.189. The summed E-state index contributed by atoms with van der Waals surface area (Å²) in [5.74, 6) is 1.89. The van der Waals surface area contributed by atoms with Gasteiger partial charge in [-0.25, -0.2) is 14.2 Å². The number of amides is 4. The van der Waals surface area contributed by atoms with Gasteiger partial charge in [0, 0.05) is 13.1 Å². The van der Waals surface area contributed by atoms with E-state index in [1.54, 1.807) is 26.9 Å². The van der Waals surface area contributed by atoms with Gasteiger partial charge in [-0.15, -0.1) is 6.42 Å². The van der Waals surface area contributed by atoms with E-state index in [0.29, 0.717) is 25.9 Å². The number of unbranched alkanes of at least 4 members (excludes halogenated alkanes) is 1. The van der Waals surface area contributed by atoms with Crippen molar-refractivity contribution in [3.8, 4) is 12.3 Å². The van der Waals surface area contributed by atoms with Crippen LogP contribution in [-0.4, -0.2) is 76.0 Å². The SMILES string of the molecule is C#CCN1CC(=O)N2C(CCCC)C(=O)N(CCc3ccc(F)cc3)CC2N1C(=O)NCc1ccccc1. The summed E-state index contributed by atoms with van der Waals surface area (Å²) in [5.41, 5.74) is 1.84. The molecule has 2 saturated heterocycles. The van der Waals surface area contributed by atoms with Gasteiger partial charge in [-0.2, -0.15) is 5.01 Å². The maximum Gasteiger partial charge on any atom is 0.334 e. The third-order valence-electron chi connectivity index (χ3n) is 7.01. The maximum absolute atomic E-state index is 13.6. The predicted octanol–water partition coefficient (Wildman–Crippen LogP) is 3.00. The molecule has 9 heteroatoms. The minimum atomic E-state index is -0.687. The number of hydrogen-bond acceptors (Lipinski definition) is 4. The van der Waals surface area contributed by atoms with Gasteiger partial charge in [0.25, 0.3) is 0 Å². The zero-order valence-corrected chi connectivity index (χ0v) is 21.7. The molecule has 200 valence electrons. The summed E-state index contributed by atoms with van der Waals surface area (Å²) in [4.78, 5) is 43.8. The molecule has 0 spiro atoms. The van der Waals surface area contributed by atoms with Crippen LogP contribution in [-0.2, 0) is 22.6 Å². The number of terminal acetylenes is 1. The summed E-state index contributed by atoms with van der Waals surface area (Å²) in [7, 11) is 0. The highest BCUT2D eigenvalue weighted by molar-refractivity contribution is 5.91. The number of rotatable bonds is 9. The summed E-state index contributed by atoms with van der Waals surface area (Å²) in [6.45, 7) is 2.90. The van der Waals surface area contributed by atoms with E-state index >= 15 is 0 Å². The Morgan fingerprint density at radius 1 is 1.11 bits per heavy atom. The molecule has 0 bridgehead atoms. The van der Waals surface area contributed by atoms with E-state index in [4.69, 9.17) is 6.42 Å². The Hall–Kier alpha value is -3.90. The first-order valence-electron chi connectivity index (χ1n) is 13.1. The second-order valence-electron chi connectivity index (χ2n) is 9.62. The first-order valence-corrected chi connectivity index (χ1v) is 13.1. The van der Waals surface area contributed by atoms with E-state index in [1.807, 2.05) is 37.3 Å². The quantitative estimate of drug-likeness (QED) is 0.517. The number of hydrazine groups is 1. The van der Waals surface area contributed by atoms with Crippen molar-refractivity contribution in [1.29, 1.82) is 0 Å². The standard InChI is InChI=1S/C29H34FN5O3/c1-3-5-11-25-28(37)32(18-16-22-12-14-24(30)15-13-22)20-26-34(25)27(36)21-33(17-4-2)35(26)29(38)31-19-23-9-7-6-8-10-23/h2,6-10,12-15,25-26H,3,5,11,16-21H2,1H3,(H,31,38). The molecule has 4 rings (SSSR count). The average Bonchev–Trinajstić information content (AvgIpc) is 2.92. The molecule has 2 heterocycles. The molecule has 2 atom stereocenters. The molecule has 0 saturated carbocycles. The number of hydrogen-bond donors (Lipinski definition) is 1. The molecular formula is C29H34FN5O3. The van der Waals surface area contributed by atoms with E-state index in [9.17, 15) is 18.8 Å². The minimum Gasteiger partial charge on any atom is -0.337 e. The number of urea groups is 1. The molecule has 0 aliphatic carbocycles. The zero-order chi connectivity index (χ0) is 27.1. The van der Waals surface area contributed by atoms with E-state index in [0.717, 1.165) is 24.0 Å². The molecule has 2 aliphatic heterocycles. The summed E-state index contributed by atoms with van der Waals surface area (Å²) < 4.78 is 13.4. The Bertz CT molecular complexity index is 1170. The van der Waals surface area contributed by atoms with E-state index in [-0.39, 0.29) is 43.3 Å². The molecule has 8 nitrogen and oxygen atoms in total. The Labute approximate surface area is 223 Å². The first kappa shape index (κ1) is 27.1. The van der Waals surface area contributed by atoms with Crippen molar-refractivity contribution >= 4 is 17.8 Å². The Morgan fingerprint density at radius 2 is 1.84 bits per heavy atom. The highest BCUT2D eigenvalue weighted by atomic mass is 19.1. The molecule has 1 N–H and O–H groups in total. The van der Waals surface area contributed by atoms with Gasteiger partial charge in [-0.05, 0) is 36.1 Å². The number of carbonyl (C=O) groups excluding carboxylic acids is 3. The van der Waals surface area contributed by atoms with Gasteiger partial charge in [-0.3, -0.25) is 9.59 Å². The van der Waals surface area contributed by atoms with Crippen molar-refractivity contribution in [1.82, 2.24) is 25.1 Å². The van der Waals surface area contributed by atoms with Crippen molar-refractivity contribution in [2.75, 3.05) is 26.2 Å². The van der Waals surface area contributed by atoms with Gasteiger partial charge in [0.05, 0.1) is 19.6 Å². The first-order chi connectivity index (χ1) is 18.4. The number of nitrogens with one attached hydrogen (secondary N) is 1. The van der Waals surface area contributed by atoms with E-state index in [1.165, 1.54) is 17.1 Å². The summed E-state index contributed by atoms with van der Waals surface area (Å²) in [6.07, 6.45) is 7.60. The van der Waals surface area contributed by atoms with Gasteiger partial charge in [0.15, 0.2) is 0 Å². The second-order valence-corrected chi connectivity index (χ2v) is 9.62. The van der Waals surface area contributed by atoms with E-state index < -0.39 is 12.2 Å². The molecule has 2 aromatic rings. The third kappa shape index (κ3) is 6.14. The van der Waals surface area contributed by atoms with Crippen LogP contribution >= 0.6 is 0 Å². The molecule has 2 fully saturated rings. The fourth-order valence-electron chi connectivity index (χ4n) is 5.08. The lowest BCUT2D eigenvalue weighted by Gasteiger charge is -2.55. The maximum atomic E-state index is 13.6. The number of carbonyl (C=O) groups is 3. The number of fused-ring (bicyclic) bond motifs is 1. The summed E-state index contributed by atoms with van der Waals surface area (Å²) in [6, 6.07) is 14.7. The number of nitrogens with zero attached hydrogens (tertiary/aromatic N) is 4. The third-order valence-corrected chi connectivity index (χ3v) is 7.01. The van der Waals surface area contributed by atoms with E-state index in [2.05, 4.69) is 11.2 Å². The van der Waals surface area contributed by atoms with Crippen LogP contribution in [0.1, 0.15) is 37.3 Å². The number of piperazine rings is 1. The van der Waals surface area contributed by atoms with Crippen molar-refractivity contribution in [2.45, 2.75) is 51.4 Å². The molecule has 0 radical (unpaired) electrons. The topological polar surface area (TPSA) is 76.2 Å². The van der Waals surface area contributed by atoms with Crippen LogP contribution in [0.25, 0.3) is 0 Å². The fraction of sp³-hybridized carbons (Fsp3) is 0.414.